The molecule has 0 unspecified atom stereocenters. The number of para-hydroxylation sites is 2. The molecule has 1 fully saturated rings. The van der Waals surface area contributed by atoms with Gasteiger partial charge in [-0.15, -0.1) is 0 Å². The van der Waals surface area contributed by atoms with Crippen LogP contribution in [0.5, 0.6) is 5.75 Å². The van der Waals surface area contributed by atoms with E-state index in [1.54, 1.807) is 0 Å². The Balaban J connectivity index is 1.71. The van der Waals surface area contributed by atoms with Crippen LogP contribution in [0.3, 0.4) is 0 Å². The van der Waals surface area contributed by atoms with Crippen LogP contribution in [0.25, 0.3) is 0 Å². The first kappa shape index (κ1) is 9.34. The van der Waals surface area contributed by atoms with Gasteiger partial charge in [0.25, 0.3) is 0 Å². The van der Waals surface area contributed by atoms with E-state index in [4.69, 9.17) is 15.2 Å². The Morgan fingerprint density at radius 2 is 2.07 bits per heavy atom. The Labute approximate surface area is 83.8 Å². The second kappa shape index (κ2) is 4.33. The zero-order valence-corrected chi connectivity index (χ0v) is 8.11. The predicted octanol–water partition coefficient (Wildman–Crippen LogP) is 2.03. The van der Waals surface area contributed by atoms with E-state index in [9.17, 15) is 0 Å². The Morgan fingerprint density at radius 1 is 1.29 bits per heavy atom. The number of rotatable bonds is 5. The molecule has 1 aliphatic rings. The number of ether oxygens (including phenoxy) is 2. The summed E-state index contributed by atoms with van der Waals surface area (Å²) in [6, 6.07) is 7.44. The van der Waals surface area contributed by atoms with Crippen LogP contribution < -0.4 is 10.5 Å². The molecule has 14 heavy (non-hydrogen) atoms. The molecule has 0 radical (unpaired) electrons. The molecule has 0 bridgehead atoms. The fraction of sp³-hybridized carbons (Fsp3) is 0.455. The maximum Gasteiger partial charge on any atom is 0.189 e. The van der Waals surface area contributed by atoms with Gasteiger partial charge in [0.05, 0.1) is 12.3 Å². The Hall–Kier alpha value is -1.22. The first-order valence-corrected chi connectivity index (χ1v) is 4.91. The molecule has 0 aliphatic heterocycles. The molecule has 0 spiro atoms. The van der Waals surface area contributed by atoms with Gasteiger partial charge in [0.1, 0.15) is 5.75 Å². The van der Waals surface area contributed by atoms with Crippen molar-refractivity contribution in [3.63, 3.8) is 0 Å². The summed E-state index contributed by atoms with van der Waals surface area (Å²) >= 11 is 0. The fourth-order valence-corrected chi connectivity index (χ4v) is 1.22. The molecule has 0 amide bonds. The zero-order chi connectivity index (χ0) is 9.80. The van der Waals surface area contributed by atoms with E-state index in [0.717, 1.165) is 12.5 Å². The van der Waals surface area contributed by atoms with Gasteiger partial charge in [0.2, 0.25) is 0 Å². The van der Waals surface area contributed by atoms with Crippen LogP contribution in [0.15, 0.2) is 24.3 Å². The van der Waals surface area contributed by atoms with E-state index < -0.39 is 0 Å². The third kappa shape index (κ3) is 2.64. The van der Waals surface area contributed by atoms with Gasteiger partial charge in [-0.05, 0) is 30.9 Å². The molecule has 0 aromatic heterocycles. The Morgan fingerprint density at radius 3 is 2.79 bits per heavy atom. The average molecular weight is 193 g/mol. The third-order valence-electron chi connectivity index (χ3n) is 2.27. The van der Waals surface area contributed by atoms with Crippen LogP contribution in [-0.4, -0.2) is 13.4 Å². The quantitative estimate of drug-likeness (QED) is 0.442. The van der Waals surface area contributed by atoms with Crippen molar-refractivity contribution < 1.29 is 9.47 Å². The van der Waals surface area contributed by atoms with Crippen LogP contribution in [0, 0.1) is 5.92 Å². The predicted molar refractivity (Wildman–Crippen MR) is 55.0 cm³/mol. The van der Waals surface area contributed by atoms with Gasteiger partial charge in [-0.3, -0.25) is 0 Å². The van der Waals surface area contributed by atoms with Gasteiger partial charge in [-0.25, -0.2) is 0 Å². The van der Waals surface area contributed by atoms with Crippen molar-refractivity contribution in [2.75, 3.05) is 19.1 Å². The number of anilines is 1. The number of nitrogen functional groups attached to an aromatic ring is 1. The summed E-state index contributed by atoms with van der Waals surface area (Å²) in [4.78, 5) is 0. The van der Waals surface area contributed by atoms with Crippen molar-refractivity contribution in [3.8, 4) is 5.75 Å². The minimum absolute atomic E-state index is 0.296. The zero-order valence-electron chi connectivity index (χ0n) is 8.11. The lowest BCUT2D eigenvalue weighted by Gasteiger charge is -2.08. The van der Waals surface area contributed by atoms with Crippen LogP contribution in [0.1, 0.15) is 12.8 Å². The number of nitrogens with two attached hydrogens (primary N) is 1. The number of hydrogen-bond acceptors (Lipinski definition) is 3. The summed E-state index contributed by atoms with van der Waals surface area (Å²) in [5.41, 5.74) is 6.35. The smallest absolute Gasteiger partial charge is 0.189 e. The lowest BCUT2D eigenvalue weighted by Crippen LogP contribution is -2.06. The van der Waals surface area contributed by atoms with Crippen molar-refractivity contribution in [3.05, 3.63) is 24.3 Å². The van der Waals surface area contributed by atoms with E-state index in [0.29, 0.717) is 18.2 Å². The molecule has 2 N–H and O–H groups in total. The van der Waals surface area contributed by atoms with Gasteiger partial charge in [-0.1, -0.05) is 12.1 Å². The summed E-state index contributed by atoms with van der Waals surface area (Å²) in [5, 5.41) is 0. The molecule has 76 valence electrons. The van der Waals surface area contributed by atoms with Crippen molar-refractivity contribution >= 4 is 5.69 Å². The molecule has 1 aliphatic carbocycles. The highest BCUT2D eigenvalue weighted by Crippen LogP contribution is 2.28. The van der Waals surface area contributed by atoms with Crippen LogP contribution >= 0.6 is 0 Å². The summed E-state index contributed by atoms with van der Waals surface area (Å²) in [7, 11) is 0. The summed E-state index contributed by atoms with van der Waals surface area (Å²) in [5.74, 6) is 1.47. The lowest BCUT2D eigenvalue weighted by atomic mass is 10.3. The summed E-state index contributed by atoms with van der Waals surface area (Å²) < 4.78 is 10.7. The summed E-state index contributed by atoms with van der Waals surface area (Å²) in [6.07, 6.45) is 2.60. The Bertz CT molecular complexity index is 297. The van der Waals surface area contributed by atoms with Gasteiger partial charge in [-0.2, -0.15) is 0 Å². The Kier molecular flexibility index (Phi) is 2.89. The van der Waals surface area contributed by atoms with Crippen molar-refractivity contribution in [2.45, 2.75) is 12.8 Å². The molecule has 1 aromatic carbocycles. The maximum absolute atomic E-state index is 5.69. The van der Waals surface area contributed by atoms with Gasteiger partial charge < -0.3 is 15.2 Å². The lowest BCUT2D eigenvalue weighted by molar-refractivity contribution is 0.0104. The minimum atomic E-state index is 0.296. The monoisotopic (exact) mass is 193 g/mol. The maximum atomic E-state index is 5.69. The largest absolute Gasteiger partial charge is 0.465 e. The van der Waals surface area contributed by atoms with Crippen molar-refractivity contribution in [1.29, 1.82) is 0 Å². The molecule has 1 aromatic rings. The molecule has 0 atom stereocenters. The van der Waals surface area contributed by atoms with Gasteiger partial charge in [0, 0.05) is 0 Å². The average Bonchev–Trinajstić information content (AvgIpc) is 2.99. The van der Waals surface area contributed by atoms with Crippen LogP contribution in [0.4, 0.5) is 5.69 Å². The fourth-order valence-electron chi connectivity index (χ4n) is 1.22. The standard InChI is InChI=1S/C11H15NO2/c12-10-3-1-2-4-11(10)14-8-13-7-9-5-6-9/h1-4,9H,5-8,12H2. The highest BCUT2D eigenvalue weighted by Gasteiger charge is 2.21. The van der Waals surface area contributed by atoms with Gasteiger partial charge in [0.15, 0.2) is 6.79 Å². The molecule has 2 rings (SSSR count). The normalized spacial score (nSPS) is 15.4. The molecule has 3 nitrogen and oxygen atoms in total. The van der Waals surface area contributed by atoms with Gasteiger partial charge >= 0.3 is 0 Å². The topological polar surface area (TPSA) is 44.5 Å². The number of benzene rings is 1. The van der Waals surface area contributed by atoms with Crippen molar-refractivity contribution in [2.24, 2.45) is 5.92 Å². The van der Waals surface area contributed by atoms with Crippen molar-refractivity contribution in [1.82, 2.24) is 0 Å². The summed E-state index contributed by atoms with van der Waals surface area (Å²) in [6.45, 7) is 1.11. The number of hydrogen-bond donors (Lipinski definition) is 1. The highest BCUT2D eigenvalue weighted by atomic mass is 16.7. The SMILES string of the molecule is Nc1ccccc1OCOCC1CC1. The molecule has 0 saturated heterocycles. The molecule has 3 heteroatoms. The first-order chi connectivity index (χ1) is 6.86. The van der Waals surface area contributed by atoms with E-state index in [2.05, 4.69) is 0 Å². The van der Waals surface area contributed by atoms with E-state index in [1.807, 2.05) is 24.3 Å². The second-order valence-electron chi connectivity index (χ2n) is 3.61. The van der Waals surface area contributed by atoms with Crippen LogP contribution in [-0.2, 0) is 4.74 Å². The first-order valence-electron chi connectivity index (χ1n) is 4.91. The minimum Gasteiger partial charge on any atom is -0.465 e. The highest BCUT2D eigenvalue weighted by molar-refractivity contribution is 5.51. The van der Waals surface area contributed by atoms with Crippen LogP contribution in [0.2, 0.25) is 0 Å². The molecule has 1 saturated carbocycles. The van der Waals surface area contributed by atoms with E-state index in [-0.39, 0.29) is 0 Å². The molecular formula is C11H15NO2. The molecule has 0 heterocycles. The second-order valence-corrected chi connectivity index (χ2v) is 3.61. The third-order valence-corrected chi connectivity index (χ3v) is 2.27. The van der Waals surface area contributed by atoms with E-state index >= 15 is 0 Å². The molecular weight excluding hydrogens is 178 g/mol. The van der Waals surface area contributed by atoms with E-state index in [1.165, 1.54) is 12.8 Å².